The summed E-state index contributed by atoms with van der Waals surface area (Å²) in [6.07, 6.45) is -0.629. The van der Waals surface area contributed by atoms with Crippen LogP contribution in [0.3, 0.4) is 0 Å². The number of benzene rings is 1. The Labute approximate surface area is 177 Å². The number of Topliss-reactive ketones (excluding diaryl/α,β-unsaturated/α-hetero) is 1. The number of hydrogen-bond acceptors (Lipinski definition) is 7. The van der Waals surface area contributed by atoms with Crippen molar-refractivity contribution in [1.29, 1.82) is 0 Å². The van der Waals surface area contributed by atoms with E-state index < -0.39 is 17.7 Å². The zero-order valence-corrected chi connectivity index (χ0v) is 17.6. The number of ether oxygens (including phenoxy) is 2. The first-order chi connectivity index (χ1) is 14.7. The van der Waals surface area contributed by atoms with E-state index in [1.165, 1.54) is 19.1 Å². The number of fused-ring (bicyclic) bond motifs is 1. The van der Waals surface area contributed by atoms with Crippen LogP contribution in [0.4, 0.5) is 10.5 Å². The van der Waals surface area contributed by atoms with Crippen molar-refractivity contribution in [2.45, 2.75) is 34.3 Å². The Hall–Kier alpha value is -3.88. The van der Waals surface area contributed by atoms with Gasteiger partial charge in [0.25, 0.3) is 0 Å². The number of aryl methyl sites for hydroxylation is 1. The van der Waals surface area contributed by atoms with Crippen molar-refractivity contribution in [3.05, 3.63) is 62.8 Å². The lowest BCUT2D eigenvalue weighted by molar-refractivity contribution is 0.0466. The molecule has 2 heterocycles. The van der Waals surface area contributed by atoms with Gasteiger partial charge in [0.15, 0.2) is 5.78 Å². The second-order valence-corrected chi connectivity index (χ2v) is 6.90. The lowest BCUT2D eigenvalue weighted by atomic mass is 10.1. The van der Waals surface area contributed by atoms with Crippen LogP contribution in [0.15, 0.2) is 33.5 Å². The number of aromatic amines is 1. The van der Waals surface area contributed by atoms with Gasteiger partial charge < -0.3 is 18.9 Å². The highest BCUT2D eigenvalue weighted by Crippen LogP contribution is 2.23. The van der Waals surface area contributed by atoms with E-state index in [1.54, 1.807) is 32.9 Å². The topological polar surface area (TPSA) is 128 Å². The average molecular weight is 426 g/mol. The number of nitrogens with one attached hydrogen (secondary N) is 2. The van der Waals surface area contributed by atoms with Crippen LogP contribution >= 0.6 is 0 Å². The summed E-state index contributed by atoms with van der Waals surface area (Å²) in [5.41, 5.74) is 2.17. The molecule has 0 atom stereocenters. The minimum absolute atomic E-state index is 0.149. The Kier molecular flexibility index (Phi) is 6.24. The number of aromatic nitrogens is 1. The van der Waals surface area contributed by atoms with E-state index in [9.17, 15) is 19.2 Å². The highest BCUT2D eigenvalue weighted by molar-refractivity contribution is 6.01. The van der Waals surface area contributed by atoms with Crippen LogP contribution < -0.4 is 10.9 Å². The van der Waals surface area contributed by atoms with Gasteiger partial charge in [-0.1, -0.05) is 0 Å². The molecule has 0 saturated carbocycles. The van der Waals surface area contributed by atoms with Gasteiger partial charge in [0, 0.05) is 40.0 Å². The second-order valence-electron chi connectivity index (χ2n) is 6.90. The van der Waals surface area contributed by atoms with Crippen molar-refractivity contribution in [2.75, 3.05) is 11.9 Å². The zero-order valence-electron chi connectivity index (χ0n) is 17.6. The molecule has 0 bridgehead atoms. The molecule has 0 aliphatic carbocycles. The largest absolute Gasteiger partial charge is 0.456 e. The number of carbonyl (C=O) groups excluding carboxylic acids is 3. The van der Waals surface area contributed by atoms with E-state index in [0.717, 1.165) is 0 Å². The van der Waals surface area contributed by atoms with Crippen LogP contribution in [0.2, 0.25) is 0 Å². The Bertz CT molecular complexity index is 1240. The Morgan fingerprint density at radius 3 is 2.52 bits per heavy atom. The molecular weight excluding hydrogens is 404 g/mol. The highest BCUT2D eigenvalue weighted by atomic mass is 16.5. The van der Waals surface area contributed by atoms with Gasteiger partial charge in [-0.15, -0.1) is 0 Å². The number of anilines is 1. The summed E-state index contributed by atoms with van der Waals surface area (Å²) in [6.45, 7) is 6.53. The minimum atomic E-state index is -0.643. The maximum atomic E-state index is 12.6. The van der Waals surface area contributed by atoms with Crippen molar-refractivity contribution in [3.63, 3.8) is 0 Å². The first-order valence-corrected chi connectivity index (χ1v) is 9.59. The average Bonchev–Trinajstić information content (AvgIpc) is 2.99. The van der Waals surface area contributed by atoms with E-state index in [0.29, 0.717) is 33.5 Å². The molecule has 2 aromatic heterocycles. The second kappa shape index (κ2) is 8.86. The van der Waals surface area contributed by atoms with E-state index in [-0.39, 0.29) is 30.3 Å². The molecule has 0 radical (unpaired) electrons. The maximum Gasteiger partial charge on any atom is 0.411 e. The molecular formula is C22H22N2O7. The molecule has 3 rings (SSSR count). The molecule has 0 aliphatic rings. The predicted molar refractivity (Wildman–Crippen MR) is 113 cm³/mol. The third-order valence-electron chi connectivity index (χ3n) is 4.70. The lowest BCUT2D eigenvalue weighted by Crippen LogP contribution is -2.13. The summed E-state index contributed by atoms with van der Waals surface area (Å²) in [5.74, 6) is -0.792. The Morgan fingerprint density at radius 2 is 1.87 bits per heavy atom. The molecule has 1 aromatic carbocycles. The third kappa shape index (κ3) is 4.66. The van der Waals surface area contributed by atoms with Crippen molar-refractivity contribution >= 4 is 34.5 Å². The number of H-pyrrole nitrogens is 1. The summed E-state index contributed by atoms with van der Waals surface area (Å²) < 4.78 is 15.4. The van der Waals surface area contributed by atoms with Gasteiger partial charge in [0.2, 0.25) is 0 Å². The molecule has 9 heteroatoms. The number of amides is 1. The SMILES string of the molecule is CCOC(=O)Nc1ccc2c(COC(=O)c3[nH]c(C)c(C(C)=O)c3C)cc(=O)oc2c1. The summed E-state index contributed by atoms with van der Waals surface area (Å²) >= 11 is 0. The first-order valence-electron chi connectivity index (χ1n) is 9.59. The van der Waals surface area contributed by atoms with E-state index in [4.69, 9.17) is 13.9 Å². The van der Waals surface area contributed by atoms with Gasteiger partial charge in [-0.2, -0.15) is 0 Å². The van der Waals surface area contributed by atoms with E-state index in [2.05, 4.69) is 10.3 Å². The quantitative estimate of drug-likeness (QED) is 0.348. The van der Waals surface area contributed by atoms with Gasteiger partial charge in [-0.25, -0.2) is 14.4 Å². The smallest absolute Gasteiger partial charge is 0.411 e. The number of ketones is 1. The monoisotopic (exact) mass is 426 g/mol. The molecule has 2 N–H and O–H groups in total. The van der Waals surface area contributed by atoms with Crippen LogP contribution in [-0.4, -0.2) is 29.4 Å². The molecule has 9 nitrogen and oxygen atoms in total. The summed E-state index contributed by atoms with van der Waals surface area (Å²) in [4.78, 5) is 50.8. The molecule has 0 fully saturated rings. The fourth-order valence-corrected chi connectivity index (χ4v) is 3.41. The summed E-state index contributed by atoms with van der Waals surface area (Å²) in [5, 5.41) is 3.08. The van der Waals surface area contributed by atoms with Gasteiger partial charge in [0.1, 0.15) is 17.9 Å². The minimum Gasteiger partial charge on any atom is -0.456 e. The van der Waals surface area contributed by atoms with Gasteiger partial charge in [-0.3, -0.25) is 10.1 Å². The molecule has 0 unspecified atom stereocenters. The van der Waals surface area contributed by atoms with Crippen LogP contribution in [0.25, 0.3) is 11.0 Å². The molecule has 162 valence electrons. The van der Waals surface area contributed by atoms with Gasteiger partial charge >= 0.3 is 17.7 Å². The Balaban J connectivity index is 1.84. The maximum absolute atomic E-state index is 12.6. The number of rotatable bonds is 6. The molecule has 0 saturated heterocycles. The van der Waals surface area contributed by atoms with Crippen LogP contribution in [0.5, 0.6) is 0 Å². The zero-order chi connectivity index (χ0) is 22.7. The summed E-state index contributed by atoms with van der Waals surface area (Å²) in [7, 11) is 0. The first kappa shape index (κ1) is 21.8. The van der Waals surface area contributed by atoms with Crippen molar-refractivity contribution in [1.82, 2.24) is 4.98 Å². The van der Waals surface area contributed by atoms with Crippen molar-refractivity contribution in [2.24, 2.45) is 0 Å². The van der Waals surface area contributed by atoms with E-state index in [1.807, 2.05) is 0 Å². The van der Waals surface area contributed by atoms with Gasteiger partial charge in [-0.05, 0) is 45.4 Å². The molecule has 31 heavy (non-hydrogen) atoms. The van der Waals surface area contributed by atoms with E-state index >= 15 is 0 Å². The molecule has 3 aromatic rings. The fourth-order valence-electron chi connectivity index (χ4n) is 3.41. The highest BCUT2D eigenvalue weighted by Gasteiger charge is 2.21. The third-order valence-corrected chi connectivity index (χ3v) is 4.70. The van der Waals surface area contributed by atoms with Crippen LogP contribution in [0, 0.1) is 13.8 Å². The molecule has 0 aliphatic heterocycles. The molecule has 1 amide bonds. The predicted octanol–water partition coefficient (Wildman–Crippen LogP) is 3.87. The van der Waals surface area contributed by atoms with Crippen LogP contribution in [0.1, 0.15) is 51.5 Å². The Morgan fingerprint density at radius 1 is 1.13 bits per heavy atom. The number of carbonyl (C=O) groups is 3. The lowest BCUT2D eigenvalue weighted by Gasteiger charge is -2.09. The van der Waals surface area contributed by atoms with Crippen LogP contribution in [-0.2, 0) is 16.1 Å². The summed E-state index contributed by atoms with van der Waals surface area (Å²) in [6, 6.07) is 5.97. The standard InChI is InChI=1S/C22H22N2O7/c1-5-29-22(28)24-15-6-7-16-14(8-18(26)31-17(16)9-15)10-30-21(27)20-11(2)19(13(4)25)12(3)23-20/h6-9,23H,5,10H2,1-4H3,(H,24,28). The fraction of sp³-hybridized carbons (Fsp3) is 0.273. The van der Waals surface area contributed by atoms with Gasteiger partial charge in [0.05, 0.1) is 6.61 Å². The number of hydrogen-bond donors (Lipinski definition) is 2. The number of esters is 1. The molecule has 0 spiro atoms. The normalized spacial score (nSPS) is 10.7. The van der Waals surface area contributed by atoms with Crippen molar-refractivity contribution < 1.29 is 28.3 Å². The van der Waals surface area contributed by atoms with Crippen molar-refractivity contribution in [3.8, 4) is 0 Å².